The molecule has 0 bridgehead atoms. The highest BCUT2D eigenvalue weighted by molar-refractivity contribution is 4.69. The summed E-state index contributed by atoms with van der Waals surface area (Å²) >= 11 is 0. The van der Waals surface area contributed by atoms with Crippen molar-refractivity contribution in [2.45, 2.75) is 64.7 Å². The van der Waals surface area contributed by atoms with Crippen molar-refractivity contribution in [1.29, 1.82) is 0 Å². The molecule has 0 heterocycles. The van der Waals surface area contributed by atoms with Gasteiger partial charge in [-0.2, -0.15) is 0 Å². The molecule has 2 N–H and O–H groups in total. The Morgan fingerprint density at radius 2 is 1.89 bits per heavy atom. The molecule has 108 valence electrons. The minimum Gasteiger partial charge on any atom is -0.330 e. The van der Waals surface area contributed by atoms with E-state index in [2.05, 4.69) is 18.9 Å². The molecule has 0 amide bonds. The summed E-state index contributed by atoms with van der Waals surface area (Å²) in [4.78, 5) is 2.56. The van der Waals surface area contributed by atoms with Gasteiger partial charge < -0.3 is 10.6 Å². The highest BCUT2D eigenvalue weighted by atomic mass is 15.1. The molecule has 0 aromatic heterocycles. The molecular formula is C16H34N2. The lowest BCUT2D eigenvalue weighted by Crippen LogP contribution is -2.28. The number of nitrogens with two attached hydrogens (primary N) is 1. The van der Waals surface area contributed by atoms with Gasteiger partial charge in [-0.15, -0.1) is 0 Å². The van der Waals surface area contributed by atoms with Crippen molar-refractivity contribution >= 4 is 0 Å². The SMILES string of the molecule is CCC(CCN)CCCN(C)CC1CCCCC1. The Morgan fingerprint density at radius 1 is 1.17 bits per heavy atom. The Hall–Kier alpha value is -0.0800. The Labute approximate surface area is 114 Å². The van der Waals surface area contributed by atoms with Crippen molar-refractivity contribution in [3.05, 3.63) is 0 Å². The average Bonchev–Trinajstić information content (AvgIpc) is 2.39. The van der Waals surface area contributed by atoms with Crippen molar-refractivity contribution in [2.75, 3.05) is 26.7 Å². The first-order valence-electron chi connectivity index (χ1n) is 8.14. The molecule has 2 nitrogen and oxygen atoms in total. The van der Waals surface area contributed by atoms with Gasteiger partial charge in [-0.05, 0) is 64.1 Å². The Balaban J connectivity index is 2.06. The lowest BCUT2D eigenvalue weighted by atomic mass is 9.89. The summed E-state index contributed by atoms with van der Waals surface area (Å²) in [5.74, 6) is 1.84. The van der Waals surface area contributed by atoms with Gasteiger partial charge in [-0.25, -0.2) is 0 Å². The maximum absolute atomic E-state index is 5.65. The zero-order valence-electron chi connectivity index (χ0n) is 12.7. The molecule has 0 aromatic carbocycles. The normalized spacial score (nSPS) is 19.3. The number of rotatable bonds is 9. The maximum atomic E-state index is 5.65. The van der Waals surface area contributed by atoms with Crippen LogP contribution in [0.2, 0.25) is 0 Å². The van der Waals surface area contributed by atoms with Crippen LogP contribution in [0.3, 0.4) is 0 Å². The van der Waals surface area contributed by atoms with E-state index in [0.717, 1.165) is 18.4 Å². The molecule has 0 aliphatic heterocycles. The van der Waals surface area contributed by atoms with Crippen molar-refractivity contribution in [3.8, 4) is 0 Å². The summed E-state index contributed by atoms with van der Waals surface area (Å²) in [6, 6.07) is 0. The van der Waals surface area contributed by atoms with Gasteiger partial charge in [0.05, 0.1) is 0 Å². The van der Waals surface area contributed by atoms with E-state index in [0.29, 0.717) is 0 Å². The van der Waals surface area contributed by atoms with E-state index in [9.17, 15) is 0 Å². The maximum Gasteiger partial charge on any atom is 0.000661 e. The smallest absolute Gasteiger partial charge is 0.000661 e. The molecule has 0 radical (unpaired) electrons. The first-order valence-corrected chi connectivity index (χ1v) is 8.14. The number of hydrogen-bond donors (Lipinski definition) is 1. The third-order valence-corrected chi connectivity index (χ3v) is 4.60. The summed E-state index contributed by atoms with van der Waals surface area (Å²) in [6.07, 6.45) is 12.6. The summed E-state index contributed by atoms with van der Waals surface area (Å²) in [5, 5.41) is 0. The highest BCUT2D eigenvalue weighted by Crippen LogP contribution is 2.24. The van der Waals surface area contributed by atoms with E-state index >= 15 is 0 Å². The van der Waals surface area contributed by atoms with Crippen LogP contribution in [-0.4, -0.2) is 31.6 Å². The van der Waals surface area contributed by atoms with E-state index < -0.39 is 0 Å². The minimum atomic E-state index is 0.858. The second-order valence-electron chi connectivity index (χ2n) is 6.26. The molecule has 0 spiro atoms. The fourth-order valence-corrected chi connectivity index (χ4v) is 3.34. The van der Waals surface area contributed by atoms with Gasteiger partial charge in [0.1, 0.15) is 0 Å². The summed E-state index contributed by atoms with van der Waals surface area (Å²) in [5.41, 5.74) is 5.65. The molecule has 0 aromatic rings. The van der Waals surface area contributed by atoms with Gasteiger partial charge in [-0.1, -0.05) is 32.6 Å². The Morgan fingerprint density at radius 3 is 2.50 bits per heavy atom. The van der Waals surface area contributed by atoms with Crippen LogP contribution in [0.25, 0.3) is 0 Å². The van der Waals surface area contributed by atoms with Crippen LogP contribution < -0.4 is 5.73 Å². The summed E-state index contributed by atoms with van der Waals surface area (Å²) in [6.45, 7) is 5.76. The molecule has 1 aliphatic carbocycles. The number of hydrogen-bond acceptors (Lipinski definition) is 2. The molecule has 0 saturated heterocycles. The van der Waals surface area contributed by atoms with Gasteiger partial charge in [-0.3, -0.25) is 0 Å². The summed E-state index contributed by atoms with van der Waals surface area (Å²) in [7, 11) is 2.30. The third-order valence-electron chi connectivity index (χ3n) is 4.60. The first kappa shape index (κ1) is 16.0. The largest absolute Gasteiger partial charge is 0.330 e. The van der Waals surface area contributed by atoms with Crippen LogP contribution in [0.1, 0.15) is 64.7 Å². The van der Waals surface area contributed by atoms with Crippen LogP contribution in [0, 0.1) is 11.8 Å². The lowest BCUT2D eigenvalue weighted by Gasteiger charge is -2.27. The second-order valence-corrected chi connectivity index (χ2v) is 6.26. The minimum absolute atomic E-state index is 0.858. The van der Waals surface area contributed by atoms with E-state index in [4.69, 9.17) is 5.73 Å². The van der Waals surface area contributed by atoms with Crippen LogP contribution in [-0.2, 0) is 0 Å². The standard InChI is InChI=1S/C16H34N2/c1-3-15(11-12-17)10-7-13-18(2)14-16-8-5-4-6-9-16/h15-16H,3-14,17H2,1-2H3. The van der Waals surface area contributed by atoms with E-state index in [1.54, 1.807) is 0 Å². The monoisotopic (exact) mass is 254 g/mol. The van der Waals surface area contributed by atoms with Crippen molar-refractivity contribution < 1.29 is 0 Å². The lowest BCUT2D eigenvalue weighted by molar-refractivity contribution is 0.226. The topological polar surface area (TPSA) is 29.3 Å². The van der Waals surface area contributed by atoms with Crippen molar-refractivity contribution in [3.63, 3.8) is 0 Å². The Kier molecular flexibility index (Phi) is 8.70. The molecule has 1 aliphatic rings. The molecule has 1 fully saturated rings. The predicted molar refractivity (Wildman–Crippen MR) is 80.8 cm³/mol. The van der Waals surface area contributed by atoms with Gasteiger partial charge in [0.2, 0.25) is 0 Å². The van der Waals surface area contributed by atoms with E-state index in [-0.39, 0.29) is 0 Å². The van der Waals surface area contributed by atoms with E-state index in [1.807, 2.05) is 0 Å². The fraction of sp³-hybridized carbons (Fsp3) is 1.00. The van der Waals surface area contributed by atoms with Crippen LogP contribution in [0.4, 0.5) is 0 Å². The fourth-order valence-electron chi connectivity index (χ4n) is 3.34. The molecule has 1 saturated carbocycles. The van der Waals surface area contributed by atoms with Gasteiger partial charge in [0.15, 0.2) is 0 Å². The van der Waals surface area contributed by atoms with Crippen LogP contribution >= 0.6 is 0 Å². The third kappa shape index (κ3) is 6.75. The van der Waals surface area contributed by atoms with Crippen molar-refractivity contribution in [2.24, 2.45) is 17.6 Å². The number of nitrogens with zero attached hydrogens (tertiary/aromatic N) is 1. The molecule has 2 heteroatoms. The van der Waals surface area contributed by atoms with E-state index in [1.165, 1.54) is 70.9 Å². The van der Waals surface area contributed by atoms with Crippen LogP contribution in [0.5, 0.6) is 0 Å². The molecule has 1 rings (SSSR count). The second kappa shape index (κ2) is 9.80. The van der Waals surface area contributed by atoms with Gasteiger partial charge in [0.25, 0.3) is 0 Å². The molecule has 1 unspecified atom stereocenters. The predicted octanol–water partition coefficient (Wildman–Crippen LogP) is 3.65. The molecular weight excluding hydrogens is 220 g/mol. The van der Waals surface area contributed by atoms with Gasteiger partial charge in [0, 0.05) is 6.54 Å². The first-order chi connectivity index (χ1) is 8.76. The zero-order chi connectivity index (χ0) is 13.2. The quantitative estimate of drug-likeness (QED) is 0.680. The van der Waals surface area contributed by atoms with Gasteiger partial charge >= 0.3 is 0 Å². The Bertz CT molecular complexity index is 188. The zero-order valence-corrected chi connectivity index (χ0v) is 12.7. The summed E-state index contributed by atoms with van der Waals surface area (Å²) < 4.78 is 0. The molecule has 1 atom stereocenters. The highest BCUT2D eigenvalue weighted by Gasteiger charge is 2.15. The van der Waals surface area contributed by atoms with Crippen LogP contribution in [0.15, 0.2) is 0 Å². The average molecular weight is 254 g/mol. The molecule has 18 heavy (non-hydrogen) atoms. The van der Waals surface area contributed by atoms with Crippen molar-refractivity contribution in [1.82, 2.24) is 4.90 Å².